The van der Waals surface area contributed by atoms with Crippen LogP contribution in [-0.4, -0.2) is 22.6 Å². The number of aromatic nitrogens is 2. The van der Waals surface area contributed by atoms with Gasteiger partial charge in [0.05, 0.1) is 12.0 Å². The van der Waals surface area contributed by atoms with E-state index in [1.165, 1.54) is 11.1 Å². The first-order chi connectivity index (χ1) is 8.78. The van der Waals surface area contributed by atoms with Gasteiger partial charge in [-0.1, -0.05) is 36.8 Å². The molecule has 0 fully saturated rings. The van der Waals surface area contributed by atoms with E-state index in [2.05, 4.69) is 59.2 Å². The number of benzene rings is 1. The van der Waals surface area contributed by atoms with Crippen molar-refractivity contribution in [2.45, 2.75) is 26.8 Å². The summed E-state index contributed by atoms with van der Waals surface area (Å²) in [4.78, 5) is 4.43. The molecule has 1 heterocycles. The predicted octanol–water partition coefficient (Wildman–Crippen LogP) is 2.39. The highest BCUT2D eigenvalue weighted by Gasteiger charge is 2.00. The van der Waals surface area contributed by atoms with Gasteiger partial charge in [-0.05, 0) is 19.0 Å². The van der Waals surface area contributed by atoms with Crippen molar-refractivity contribution in [3.8, 4) is 0 Å². The van der Waals surface area contributed by atoms with E-state index in [9.17, 15) is 0 Å². The number of likely N-dealkylation sites (N-methyl/N-ethyl adjacent to an activating group) is 1. The minimum atomic E-state index is 0.899. The Morgan fingerprint density at radius 1 is 1.33 bits per heavy atom. The molecule has 3 nitrogen and oxygen atoms in total. The molecule has 0 radical (unpaired) electrons. The minimum absolute atomic E-state index is 0.899. The van der Waals surface area contributed by atoms with E-state index < -0.39 is 0 Å². The third-order valence-electron chi connectivity index (χ3n) is 2.94. The molecular weight excluding hydrogens is 222 g/mol. The second kappa shape index (κ2) is 6.36. The van der Waals surface area contributed by atoms with Crippen LogP contribution in [0.3, 0.4) is 0 Å². The molecule has 2 rings (SSSR count). The number of aryl methyl sites for hydroxylation is 1. The Morgan fingerprint density at radius 2 is 2.22 bits per heavy atom. The Balaban J connectivity index is 1.94. The van der Waals surface area contributed by atoms with Gasteiger partial charge in [0.25, 0.3) is 0 Å². The molecule has 3 heteroatoms. The van der Waals surface area contributed by atoms with Crippen molar-refractivity contribution in [2.24, 2.45) is 0 Å². The lowest BCUT2D eigenvalue weighted by Crippen LogP contribution is -2.16. The van der Waals surface area contributed by atoms with Crippen molar-refractivity contribution in [3.05, 3.63) is 53.6 Å². The van der Waals surface area contributed by atoms with Gasteiger partial charge in [-0.15, -0.1) is 0 Å². The van der Waals surface area contributed by atoms with E-state index in [4.69, 9.17) is 0 Å². The van der Waals surface area contributed by atoms with E-state index in [1.54, 1.807) is 0 Å². The molecule has 1 aromatic carbocycles. The fraction of sp³-hybridized carbons (Fsp3) is 0.400. The van der Waals surface area contributed by atoms with Gasteiger partial charge in [0.2, 0.25) is 0 Å². The van der Waals surface area contributed by atoms with E-state index in [-0.39, 0.29) is 0 Å². The van der Waals surface area contributed by atoms with Gasteiger partial charge in [0.15, 0.2) is 0 Å². The summed E-state index contributed by atoms with van der Waals surface area (Å²) in [5.41, 5.74) is 3.79. The maximum Gasteiger partial charge on any atom is 0.0952 e. The first kappa shape index (κ1) is 12.8. The van der Waals surface area contributed by atoms with E-state index in [0.29, 0.717) is 0 Å². The Hall–Kier alpha value is -1.61. The number of hydrogen-bond donors (Lipinski definition) is 1. The highest BCUT2D eigenvalue weighted by Crippen LogP contribution is 2.07. The Labute approximate surface area is 109 Å². The Kier molecular flexibility index (Phi) is 4.53. The summed E-state index contributed by atoms with van der Waals surface area (Å²) in [5, 5.41) is 3.31. The number of imidazole rings is 1. The summed E-state index contributed by atoms with van der Waals surface area (Å²) in [6, 6.07) is 8.61. The molecule has 0 saturated carbocycles. The van der Waals surface area contributed by atoms with Crippen molar-refractivity contribution in [1.82, 2.24) is 14.9 Å². The SMILES string of the molecule is CCNCCc1cn(Cc2cccc(C)c2)cn1. The van der Waals surface area contributed by atoms with Gasteiger partial charge in [-0.25, -0.2) is 4.98 Å². The smallest absolute Gasteiger partial charge is 0.0952 e. The molecule has 96 valence electrons. The lowest BCUT2D eigenvalue weighted by Gasteiger charge is -2.03. The van der Waals surface area contributed by atoms with Crippen LogP contribution >= 0.6 is 0 Å². The van der Waals surface area contributed by atoms with Crippen LogP contribution in [0.4, 0.5) is 0 Å². The third kappa shape index (κ3) is 3.70. The molecular formula is C15H21N3. The first-order valence-corrected chi connectivity index (χ1v) is 6.55. The van der Waals surface area contributed by atoms with Crippen LogP contribution in [0.25, 0.3) is 0 Å². The van der Waals surface area contributed by atoms with Gasteiger partial charge < -0.3 is 9.88 Å². The Morgan fingerprint density at radius 3 is 3.00 bits per heavy atom. The molecule has 0 amide bonds. The molecule has 0 aliphatic carbocycles. The molecule has 0 bridgehead atoms. The molecule has 0 atom stereocenters. The minimum Gasteiger partial charge on any atom is -0.333 e. The van der Waals surface area contributed by atoms with Crippen LogP contribution in [0, 0.1) is 6.92 Å². The van der Waals surface area contributed by atoms with Crippen LogP contribution in [0.15, 0.2) is 36.8 Å². The molecule has 1 aromatic heterocycles. The summed E-state index contributed by atoms with van der Waals surface area (Å²) >= 11 is 0. The van der Waals surface area contributed by atoms with Crippen molar-refractivity contribution in [3.63, 3.8) is 0 Å². The lowest BCUT2D eigenvalue weighted by atomic mass is 10.1. The highest BCUT2D eigenvalue weighted by molar-refractivity contribution is 5.22. The van der Waals surface area contributed by atoms with Gasteiger partial charge in [0, 0.05) is 25.7 Å². The average Bonchev–Trinajstić information content (AvgIpc) is 2.77. The number of nitrogens with zero attached hydrogens (tertiary/aromatic N) is 2. The van der Waals surface area contributed by atoms with Gasteiger partial charge in [-0.3, -0.25) is 0 Å². The predicted molar refractivity (Wildman–Crippen MR) is 74.8 cm³/mol. The van der Waals surface area contributed by atoms with Crippen molar-refractivity contribution >= 4 is 0 Å². The molecule has 1 N–H and O–H groups in total. The zero-order valence-electron chi connectivity index (χ0n) is 11.2. The lowest BCUT2D eigenvalue weighted by molar-refractivity contribution is 0.708. The van der Waals surface area contributed by atoms with Gasteiger partial charge in [-0.2, -0.15) is 0 Å². The van der Waals surface area contributed by atoms with Gasteiger partial charge in [0.1, 0.15) is 0 Å². The monoisotopic (exact) mass is 243 g/mol. The summed E-state index contributed by atoms with van der Waals surface area (Å²) in [6.07, 6.45) is 5.05. The average molecular weight is 243 g/mol. The summed E-state index contributed by atoms with van der Waals surface area (Å²) in [5.74, 6) is 0. The largest absolute Gasteiger partial charge is 0.333 e. The van der Waals surface area contributed by atoms with Crippen molar-refractivity contribution in [2.75, 3.05) is 13.1 Å². The van der Waals surface area contributed by atoms with Crippen LogP contribution in [0.2, 0.25) is 0 Å². The van der Waals surface area contributed by atoms with Crippen molar-refractivity contribution < 1.29 is 0 Å². The number of rotatable bonds is 6. The summed E-state index contributed by atoms with van der Waals surface area (Å²) in [6.45, 7) is 7.16. The van der Waals surface area contributed by atoms with Crippen LogP contribution < -0.4 is 5.32 Å². The molecule has 0 saturated heterocycles. The van der Waals surface area contributed by atoms with Crippen LogP contribution in [0.1, 0.15) is 23.7 Å². The fourth-order valence-corrected chi connectivity index (χ4v) is 2.04. The zero-order chi connectivity index (χ0) is 12.8. The van der Waals surface area contributed by atoms with E-state index >= 15 is 0 Å². The maximum absolute atomic E-state index is 4.43. The third-order valence-corrected chi connectivity index (χ3v) is 2.94. The second-order valence-electron chi connectivity index (χ2n) is 4.63. The molecule has 0 aliphatic rings. The standard InChI is InChI=1S/C15H21N3/c1-3-16-8-7-15-11-18(12-17-15)10-14-6-4-5-13(2)9-14/h4-6,9,11-12,16H,3,7-8,10H2,1-2H3. The highest BCUT2D eigenvalue weighted by atomic mass is 15.0. The van der Waals surface area contributed by atoms with Crippen LogP contribution in [0.5, 0.6) is 0 Å². The Bertz CT molecular complexity index is 488. The summed E-state index contributed by atoms with van der Waals surface area (Å²) in [7, 11) is 0. The first-order valence-electron chi connectivity index (χ1n) is 6.55. The fourth-order valence-electron chi connectivity index (χ4n) is 2.04. The normalized spacial score (nSPS) is 10.8. The molecule has 0 unspecified atom stereocenters. The van der Waals surface area contributed by atoms with E-state index in [1.807, 2.05) is 6.33 Å². The molecule has 18 heavy (non-hydrogen) atoms. The number of hydrogen-bond acceptors (Lipinski definition) is 2. The van der Waals surface area contributed by atoms with Gasteiger partial charge >= 0.3 is 0 Å². The molecule has 0 spiro atoms. The zero-order valence-corrected chi connectivity index (χ0v) is 11.2. The number of nitrogens with one attached hydrogen (secondary N) is 1. The molecule has 2 aromatic rings. The second-order valence-corrected chi connectivity index (χ2v) is 4.63. The topological polar surface area (TPSA) is 29.9 Å². The van der Waals surface area contributed by atoms with Crippen molar-refractivity contribution in [1.29, 1.82) is 0 Å². The summed E-state index contributed by atoms with van der Waals surface area (Å²) < 4.78 is 2.15. The maximum atomic E-state index is 4.43. The van der Waals surface area contributed by atoms with E-state index in [0.717, 1.165) is 31.7 Å². The van der Waals surface area contributed by atoms with Crippen LogP contribution in [-0.2, 0) is 13.0 Å². The quantitative estimate of drug-likeness (QED) is 0.790. The molecule has 0 aliphatic heterocycles.